The van der Waals surface area contributed by atoms with Gasteiger partial charge in [0.2, 0.25) is 0 Å². The van der Waals surface area contributed by atoms with E-state index in [1.165, 1.54) is 0 Å². The molecular formula is C19H13ClO2. The quantitative estimate of drug-likeness (QED) is 0.470. The predicted octanol–water partition coefficient (Wildman–Crippen LogP) is 4.93. The number of halogens is 1. The number of rotatable bonds is 1. The van der Waals surface area contributed by atoms with Crippen LogP contribution in [0.4, 0.5) is 0 Å². The van der Waals surface area contributed by atoms with Crippen LogP contribution in [0.2, 0.25) is 5.02 Å². The van der Waals surface area contributed by atoms with Crippen LogP contribution in [0.25, 0.3) is 10.8 Å². The molecule has 0 aromatic heterocycles. The van der Waals surface area contributed by atoms with Gasteiger partial charge in [0, 0.05) is 16.5 Å². The molecule has 0 amide bonds. The number of hydrogen-bond donors (Lipinski definition) is 0. The summed E-state index contributed by atoms with van der Waals surface area (Å²) in [6, 6.07) is 19.7. The molecule has 108 valence electrons. The Morgan fingerprint density at radius 1 is 0.955 bits per heavy atom. The number of carbonyl (C=O) groups is 1. The zero-order valence-corrected chi connectivity index (χ0v) is 12.5. The van der Waals surface area contributed by atoms with Crippen LogP contribution in [-0.2, 0) is 4.79 Å². The molecule has 0 saturated heterocycles. The monoisotopic (exact) mass is 308 g/mol. The fourth-order valence-corrected chi connectivity index (χ4v) is 3.45. The maximum Gasteiger partial charge on any atom is 0.312 e. The van der Waals surface area contributed by atoms with Gasteiger partial charge in [-0.15, -0.1) is 0 Å². The molecule has 1 unspecified atom stereocenters. The Morgan fingerprint density at radius 3 is 2.59 bits per heavy atom. The number of ether oxygens (including phenoxy) is 1. The van der Waals surface area contributed by atoms with Crippen molar-refractivity contribution in [3.8, 4) is 5.75 Å². The molecule has 0 spiro atoms. The van der Waals surface area contributed by atoms with Crippen molar-refractivity contribution < 1.29 is 9.53 Å². The predicted molar refractivity (Wildman–Crippen MR) is 87.5 cm³/mol. The zero-order chi connectivity index (χ0) is 15.1. The number of carbonyl (C=O) groups excluding carboxylic acids is 1. The molecule has 2 nitrogen and oxygen atoms in total. The van der Waals surface area contributed by atoms with Gasteiger partial charge in [-0.2, -0.15) is 0 Å². The van der Waals surface area contributed by atoms with E-state index in [2.05, 4.69) is 12.1 Å². The van der Waals surface area contributed by atoms with Crippen LogP contribution in [0.5, 0.6) is 5.75 Å². The highest BCUT2D eigenvalue weighted by atomic mass is 35.5. The van der Waals surface area contributed by atoms with Gasteiger partial charge in [-0.25, -0.2) is 0 Å². The van der Waals surface area contributed by atoms with Gasteiger partial charge in [0.05, 0.1) is 6.42 Å². The SMILES string of the molecule is O=C1CC(c2ccccc2Cl)c2c(ccc3ccccc23)O1. The summed E-state index contributed by atoms with van der Waals surface area (Å²) < 4.78 is 5.45. The molecule has 1 aliphatic rings. The molecular weight excluding hydrogens is 296 g/mol. The highest BCUT2D eigenvalue weighted by Crippen LogP contribution is 2.44. The van der Waals surface area contributed by atoms with Crippen LogP contribution in [0.1, 0.15) is 23.5 Å². The second kappa shape index (κ2) is 5.15. The zero-order valence-electron chi connectivity index (χ0n) is 11.8. The van der Waals surface area contributed by atoms with Crippen molar-refractivity contribution in [2.75, 3.05) is 0 Å². The van der Waals surface area contributed by atoms with E-state index in [1.807, 2.05) is 48.5 Å². The minimum absolute atomic E-state index is 0.0731. The topological polar surface area (TPSA) is 26.3 Å². The van der Waals surface area contributed by atoms with Gasteiger partial charge >= 0.3 is 5.97 Å². The fourth-order valence-electron chi connectivity index (χ4n) is 3.18. The smallest absolute Gasteiger partial charge is 0.312 e. The minimum Gasteiger partial charge on any atom is -0.426 e. The van der Waals surface area contributed by atoms with Crippen LogP contribution in [0, 0.1) is 0 Å². The number of fused-ring (bicyclic) bond motifs is 3. The highest BCUT2D eigenvalue weighted by Gasteiger charge is 2.31. The highest BCUT2D eigenvalue weighted by molar-refractivity contribution is 6.31. The Kier molecular flexibility index (Phi) is 3.12. The van der Waals surface area contributed by atoms with Crippen molar-refractivity contribution in [3.05, 3.63) is 76.8 Å². The molecule has 0 N–H and O–H groups in total. The summed E-state index contributed by atoms with van der Waals surface area (Å²) in [5.74, 6) is 0.351. The van der Waals surface area contributed by atoms with Gasteiger partial charge in [0.1, 0.15) is 5.75 Å². The Hall–Kier alpha value is -2.32. The number of hydrogen-bond acceptors (Lipinski definition) is 2. The van der Waals surface area contributed by atoms with Crippen LogP contribution < -0.4 is 4.74 Å². The summed E-state index contributed by atoms with van der Waals surface area (Å²) in [6.45, 7) is 0. The van der Waals surface area contributed by atoms with E-state index in [9.17, 15) is 4.79 Å². The average Bonchev–Trinajstić information content (AvgIpc) is 2.54. The van der Waals surface area contributed by atoms with Crippen molar-refractivity contribution in [2.45, 2.75) is 12.3 Å². The Morgan fingerprint density at radius 2 is 1.73 bits per heavy atom. The van der Waals surface area contributed by atoms with E-state index >= 15 is 0 Å². The number of benzene rings is 3. The van der Waals surface area contributed by atoms with Gasteiger partial charge in [-0.3, -0.25) is 4.79 Å². The maximum absolute atomic E-state index is 12.0. The van der Waals surface area contributed by atoms with E-state index in [0.29, 0.717) is 17.2 Å². The Balaban J connectivity index is 2.02. The minimum atomic E-state index is -0.215. The first kappa shape index (κ1) is 13.4. The van der Waals surface area contributed by atoms with Gasteiger partial charge in [0.15, 0.2) is 0 Å². The average molecular weight is 309 g/mol. The first-order valence-electron chi connectivity index (χ1n) is 7.21. The molecule has 1 heterocycles. The molecule has 3 heteroatoms. The third-order valence-electron chi connectivity index (χ3n) is 4.15. The first-order valence-corrected chi connectivity index (χ1v) is 7.58. The molecule has 0 radical (unpaired) electrons. The van der Waals surface area contributed by atoms with Gasteiger partial charge in [-0.05, 0) is 28.5 Å². The third-order valence-corrected chi connectivity index (χ3v) is 4.50. The Labute approximate surface area is 133 Å². The van der Waals surface area contributed by atoms with Crippen molar-refractivity contribution in [1.29, 1.82) is 0 Å². The lowest BCUT2D eigenvalue weighted by molar-refractivity contribution is -0.135. The van der Waals surface area contributed by atoms with Crippen molar-refractivity contribution in [3.63, 3.8) is 0 Å². The van der Waals surface area contributed by atoms with Crippen LogP contribution in [0.15, 0.2) is 60.7 Å². The van der Waals surface area contributed by atoms with E-state index in [4.69, 9.17) is 16.3 Å². The lowest BCUT2D eigenvalue weighted by atomic mass is 9.83. The molecule has 3 aromatic carbocycles. The second-order valence-corrected chi connectivity index (χ2v) is 5.86. The van der Waals surface area contributed by atoms with E-state index < -0.39 is 0 Å². The largest absolute Gasteiger partial charge is 0.426 e. The number of esters is 1. The molecule has 0 fully saturated rings. The summed E-state index contributed by atoms with van der Waals surface area (Å²) in [5, 5.41) is 2.93. The van der Waals surface area contributed by atoms with Gasteiger partial charge < -0.3 is 4.74 Å². The van der Waals surface area contributed by atoms with E-state index in [1.54, 1.807) is 0 Å². The Bertz CT molecular complexity index is 885. The van der Waals surface area contributed by atoms with Crippen molar-refractivity contribution >= 4 is 28.3 Å². The van der Waals surface area contributed by atoms with Crippen LogP contribution in [0.3, 0.4) is 0 Å². The molecule has 0 saturated carbocycles. The summed E-state index contributed by atoms with van der Waals surface area (Å²) in [6.07, 6.45) is 0.310. The standard InChI is InChI=1S/C19H13ClO2/c20-16-8-4-3-7-14(16)15-11-18(21)22-17-10-9-12-5-1-2-6-13(12)19(15)17/h1-10,15H,11H2. The van der Waals surface area contributed by atoms with E-state index in [-0.39, 0.29) is 11.9 Å². The summed E-state index contributed by atoms with van der Waals surface area (Å²) >= 11 is 6.37. The molecule has 0 bridgehead atoms. The normalized spacial score (nSPS) is 17.1. The first-order chi connectivity index (χ1) is 10.7. The molecule has 0 aliphatic carbocycles. The molecule has 1 atom stereocenters. The fraction of sp³-hybridized carbons (Fsp3) is 0.105. The van der Waals surface area contributed by atoms with Crippen molar-refractivity contribution in [2.24, 2.45) is 0 Å². The lowest BCUT2D eigenvalue weighted by Crippen LogP contribution is -2.21. The maximum atomic E-state index is 12.0. The van der Waals surface area contributed by atoms with Gasteiger partial charge in [-0.1, -0.05) is 60.1 Å². The molecule has 4 rings (SSSR count). The molecule has 22 heavy (non-hydrogen) atoms. The van der Waals surface area contributed by atoms with Crippen molar-refractivity contribution in [1.82, 2.24) is 0 Å². The summed E-state index contributed by atoms with van der Waals surface area (Å²) in [5.41, 5.74) is 2.02. The van der Waals surface area contributed by atoms with Gasteiger partial charge in [0.25, 0.3) is 0 Å². The van der Waals surface area contributed by atoms with Crippen LogP contribution >= 0.6 is 11.6 Å². The second-order valence-electron chi connectivity index (χ2n) is 5.45. The van der Waals surface area contributed by atoms with Crippen LogP contribution in [-0.4, -0.2) is 5.97 Å². The van der Waals surface area contributed by atoms with E-state index in [0.717, 1.165) is 21.9 Å². The lowest BCUT2D eigenvalue weighted by Gasteiger charge is -2.27. The third kappa shape index (κ3) is 2.08. The molecule has 1 aliphatic heterocycles. The summed E-state index contributed by atoms with van der Waals surface area (Å²) in [4.78, 5) is 12.0. The summed E-state index contributed by atoms with van der Waals surface area (Å²) in [7, 11) is 0. The molecule has 3 aromatic rings.